The molecule has 7 N–H and O–H groups in total. The lowest BCUT2D eigenvalue weighted by Gasteiger charge is -2.33. The number of amides is 7. The molecular formula is C30H55N7O8. The van der Waals surface area contributed by atoms with Crippen LogP contribution in [0.5, 0.6) is 0 Å². The van der Waals surface area contributed by atoms with Crippen LogP contribution in [-0.2, 0) is 33.5 Å². The van der Waals surface area contributed by atoms with Crippen molar-refractivity contribution in [2.75, 3.05) is 33.2 Å². The van der Waals surface area contributed by atoms with Crippen LogP contribution in [0.2, 0.25) is 0 Å². The molecule has 0 saturated carbocycles. The highest BCUT2D eigenvalue weighted by molar-refractivity contribution is 5.96. The average Bonchev–Trinajstić information content (AvgIpc) is 2.95. The van der Waals surface area contributed by atoms with Crippen molar-refractivity contribution in [1.82, 2.24) is 37.2 Å². The summed E-state index contributed by atoms with van der Waals surface area (Å²) in [5, 5.41) is 17.8. The Bertz CT molecular complexity index is 1010. The van der Waals surface area contributed by atoms with E-state index in [1.165, 1.54) is 7.05 Å². The van der Waals surface area contributed by atoms with Gasteiger partial charge in [0.25, 0.3) is 0 Å². The fourth-order valence-corrected chi connectivity index (χ4v) is 4.85. The van der Waals surface area contributed by atoms with Crippen molar-refractivity contribution < 1.29 is 38.3 Å². The van der Waals surface area contributed by atoms with Crippen LogP contribution in [0, 0.1) is 0 Å². The Morgan fingerprint density at radius 3 is 1.22 bits per heavy atom. The van der Waals surface area contributed by atoms with E-state index in [2.05, 4.69) is 37.2 Å². The lowest BCUT2D eigenvalue weighted by atomic mass is 9.87. The number of carbonyl (C=O) groups is 7. The molecule has 0 aromatic carbocycles. The molecule has 0 fully saturated rings. The van der Waals surface area contributed by atoms with E-state index in [-0.39, 0.29) is 25.3 Å². The van der Waals surface area contributed by atoms with Crippen molar-refractivity contribution in [2.45, 2.75) is 117 Å². The number of likely N-dealkylation sites (N-methyl/N-ethyl adjacent to an activating group) is 1. The van der Waals surface area contributed by atoms with E-state index in [4.69, 9.17) is 4.74 Å². The van der Waals surface area contributed by atoms with Gasteiger partial charge in [0.1, 0.15) is 23.2 Å². The molecule has 0 rings (SSSR count). The molecule has 0 heterocycles. The molecule has 0 bridgehead atoms. The molecule has 0 aliphatic rings. The number of nitrogens with one attached hydrogen (secondary N) is 7. The monoisotopic (exact) mass is 641 g/mol. The van der Waals surface area contributed by atoms with Crippen molar-refractivity contribution in [1.29, 1.82) is 0 Å². The third-order valence-electron chi connectivity index (χ3n) is 6.67. The summed E-state index contributed by atoms with van der Waals surface area (Å²) in [6, 6.07) is 0. The Labute approximate surface area is 266 Å². The fraction of sp³-hybridized carbons (Fsp3) is 0.767. The highest BCUT2D eigenvalue weighted by atomic mass is 16.6. The van der Waals surface area contributed by atoms with E-state index in [0.29, 0.717) is 38.5 Å². The number of carbonyl (C=O) groups excluding carboxylic acids is 7. The fourth-order valence-electron chi connectivity index (χ4n) is 4.85. The van der Waals surface area contributed by atoms with Gasteiger partial charge in [-0.1, -0.05) is 53.4 Å². The average molecular weight is 642 g/mol. The van der Waals surface area contributed by atoms with Gasteiger partial charge in [0.2, 0.25) is 35.4 Å². The summed E-state index contributed by atoms with van der Waals surface area (Å²) < 4.78 is 5.13. The lowest BCUT2D eigenvalue weighted by molar-refractivity contribution is -0.136. The molecule has 7 amide bonds. The molecule has 258 valence electrons. The molecule has 0 saturated heterocycles. The predicted octanol–water partition coefficient (Wildman–Crippen LogP) is 0.516. The van der Waals surface area contributed by atoms with Gasteiger partial charge in [-0.25, -0.2) is 4.79 Å². The first-order valence-corrected chi connectivity index (χ1v) is 15.7. The Morgan fingerprint density at radius 2 is 0.867 bits per heavy atom. The topological polar surface area (TPSA) is 213 Å². The van der Waals surface area contributed by atoms with Crippen LogP contribution in [0.1, 0.15) is 99.8 Å². The maximum atomic E-state index is 13.3. The van der Waals surface area contributed by atoms with Gasteiger partial charge in [0.05, 0.1) is 19.6 Å². The van der Waals surface area contributed by atoms with Crippen molar-refractivity contribution in [3.8, 4) is 0 Å². The van der Waals surface area contributed by atoms with Crippen LogP contribution in [0.4, 0.5) is 4.79 Å². The Morgan fingerprint density at radius 1 is 0.511 bits per heavy atom. The zero-order chi connectivity index (χ0) is 34.7. The highest BCUT2D eigenvalue weighted by Crippen LogP contribution is 2.21. The summed E-state index contributed by atoms with van der Waals surface area (Å²) in [6.07, 6.45) is 2.71. The smallest absolute Gasteiger partial charge is 0.408 e. The van der Waals surface area contributed by atoms with E-state index in [1.807, 2.05) is 27.7 Å². The number of hydrogen-bond acceptors (Lipinski definition) is 8. The first kappa shape index (κ1) is 41.1. The molecule has 15 heteroatoms. The van der Waals surface area contributed by atoms with Crippen molar-refractivity contribution in [3.05, 3.63) is 0 Å². The zero-order valence-corrected chi connectivity index (χ0v) is 28.3. The van der Waals surface area contributed by atoms with Crippen LogP contribution >= 0.6 is 0 Å². The molecular weight excluding hydrogens is 586 g/mol. The predicted molar refractivity (Wildman–Crippen MR) is 169 cm³/mol. The van der Waals surface area contributed by atoms with Gasteiger partial charge in [-0.3, -0.25) is 28.8 Å². The minimum absolute atomic E-state index is 0.241. The molecule has 0 aromatic rings. The first-order chi connectivity index (χ1) is 21.0. The molecule has 0 aliphatic heterocycles. The Kier molecular flexibility index (Phi) is 18.4. The maximum absolute atomic E-state index is 13.3. The molecule has 0 spiro atoms. The van der Waals surface area contributed by atoms with E-state index in [9.17, 15) is 33.6 Å². The summed E-state index contributed by atoms with van der Waals surface area (Å²) in [4.78, 5) is 88.0. The van der Waals surface area contributed by atoms with Gasteiger partial charge in [-0.05, 0) is 46.5 Å². The number of hydrogen-bond donors (Lipinski definition) is 7. The summed E-state index contributed by atoms with van der Waals surface area (Å²) in [7, 11) is 1.45. The second-order valence-electron chi connectivity index (χ2n) is 11.9. The van der Waals surface area contributed by atoms with Crippen LogP contribution in [0.15, 0.2) is 0 Å². The maximum Gasteiger partial charge on any atom is 0.408 e. The molecule has 0 atom stereocenters. The standard InChI is InChI=1S/C30H55N7O8/c1-9-13-29(14-10-2,25(42)33-17-21(38)31-8)36-23(40)19-32-22(39)18-34-26(43)30(15-11-3,16-12-4)37-24(41)20-35-27(44)45-28(5,6)7/h9-20H2,1-8H3,(H,31,38)(H,32,39)(H,33,42)(H,34,43)(H,35,44)(H,36,40)(H,37,41). The minimum Gasteiger partial charge on any atom is -0.444 e. The van der Waals surface area contributed by atoms with E-state index >= 15 is 0 Å². The minimum atomic E-state index is -1.32. The molecule has 15 nitrogen and oxygen atoms in total. The summed E-state index contributed by atoms with van der Waals surface area (Å²) >= 11 is 0. The second kappa shape index (κ2) is 20.2. The van der Waals surface area contributed by atoms with E-state index < -0.39 is 71.9 Å². The van der Waals surface area contributed by atoms with Gasteiger partial charge < -0.3 is 42.0 Å². The van der Waals surface area contributed by atoms with Crippen LogP contribution in [0.3, 0.4) is 0 Å². The van der Waals surface area contributed by atoms with Crippen molar-refractivity contribution >= 4 is 41.5 Å². The molecule has 0 unspecified atom stereocenters. The first-order valence-electron chi connectivity index (χ1n) is 15.7. The molecule has 0 radical (unpaired) electrons. The van der Waals surface area contributed by atoms with Gasteiger partial charge in [-0.2, -0.15) is 0 Å². The van der Waals surface area contributed by atoms with Crippen LogP contribution in [-0.4, -0.2) is 91.4 Å². The second-order valence-corrected chi connectivity index (χ2v) is 11.9. The number of rotatable bonds is 20. The number of alkyl carbamates (subject to hydrolysis) is 1. The molecule has 0 aliphatic carbocycles. The highest BCUT2D eigenvalue weighted by Gasteiger charge is 2.39. The number of ether oxygens (including phenoxy) is 1. The molecule has 0 aromatic heterocycles. The van der Waals surface area contributed by atoms with Gasteiger partial charge in [0, 0.05) is 7.05 Å². The Hall–Kier alpha value is -3.91. The largest absolute Gasteiger partial charge is 0.444 e. The Balaban J connectivity index is 5.32. The summed E-state index contributed by atoms with van der Waals surface area (Å²) in [5.74, 6) is -3.31. The van der Waals surface area contributed by atoms with Crippen molar-refractivity contribution in [2.24, 2.45) is 0 Å². The van der Waals surface area contributed by atoms with Gasteiger partial charge in [-0.15, -0.1) is 0 Å². The lowest BCUT2D eigenvalue weighted by Crippen LogP contribution is -2.61. The van der Waals surface area contributed by atoms with Crippen molar-refractivity contribution in [3.63, 3.8) is 0 Å². The summed E-state index contributed by atoms with van der Waals surface area (Å²) in [6.45, 7) is 10.9. The van der Waals surface area contributed by atoms with Crippen LogP contribution < -0.4 is 37.2 Å². The molecule has 45 heavy (non-hydrogen) atoms. The third-order valence-corrected chi connectivity index (χ3v) is 6.67. The van der Waals surface area contributed by atoms with E-state index in [1.54, 1.807) is 20.8 Å². The normalized spacial score (nSPS) is 11.5. The van der Waals surface area contributed by atoms with Crippen LogP contribution in [0.25, 0.3) is 0 Å². The van der Waals surface area contributed by atoms with E-state index in [0.717, 1.165) is 0 Å². The third kappa shape index (κ3) is 15.6. The quantitative estimate of drug-likeness (QED) is 0.0993. The SMILES string of the molecule is CCCC(CCC)(NC(=O)CNC(=O)CNC(=O)C(CCC)(CCC)NC(=O)CNC(=O)OC(C)(C)C)C(=O)NCC(=O)NC. The van der Waals surface area contributed by atoms with Gasteiger partial charge >= 0.3 is 6.09 Å². The summed E-state index contributed by atoms with van der Waals surface area (Å²) in [5.41, 5.74) is -3.33. The van der Waals surface area contributed by atoms with Gasteiger partial charge in [0.15, 0.2) is 0 Å². The zero-order valence-electron chi connectivity index (χ0n) is 28.3.